The average molecular weight is 416 g/mol. The maximum absolute atomic E-state index is 13.5. The number of nitrogens with zero attached hydrogens (tertiary/aromatic N) is 2. The number of rotatable bonds is 4. The number of benzene rings is 2. The monoisotopic (exact) mass is 416 g/mol. The first-order valence-electron chi connectivity index (χ1n) is 10.5. The molecule has 158 valence electrons. The van der Waals surface area contributed by atoms with Gasteiger partial charge in [-0.25, -0.2) is 4.98 Å². The predicted octanol–water partition coefficient (Wildman–Crippen LogP) is 3.58. The number of carbonyl (C=O) groups is 1. The molecule has 5 rings (SSSR count). The van der Waals surface area contributed by atoms with E-state index in [4.69, 9.17) is 4.98 Å². The first-order chi connectivity index (χ1) is 14.9. The van der Waals surface area contributed by atoms with Gasteiger partial charge in [-0.15, -0.1) is 0 Å². The van der Waals surface area contributed by atoms with Crippen LogP contribution in [0.25, 0.3) is 21.8 Å². The van der Waals surface area contributed by atoms with Crippen molar-refractivity contribution in [2.24, 2.45) is 5.92 Å². The Morgan fingerprint density at radius 1 is 1.13 bits per heavy atom. The van der Waals surface area contributed by atoms with Crippen LogP contribution in [0.15, 0.2) is 53.5 Å². The van der Waals surface area contributed by atoms with Crippen molar-refractivity contribution in [2.75, 3.05) is 0 Å². The number of H-pyrrole nitrogens is 1. The van der Waals surface area contributed by atoms with Crippen molar-refractivity contribution in [1.29, 1.82) is 0 Å². The Balaban J connectivity index is 1.69. The lowest BCUT2D eigenvalue weighted by atomic mass is 9.96. The molecular formula is C24H24N4O3. The highest BCUT2D eigenvalue weighted by Gasteiger charge is 2.36. The van der Waals surface area contributed by atoms with Gasteiger partial charge in [-0.1, -0.05) is 32.0 Å². The van der Waals surface area contributed by atoms with Crippen molar-refractivity contribution < 1.29 is 9.90 Å². The molecule has 0 fully saturated rings. The van der Waals surface area contributed by atoms with Gasteiger partial charge in [0.25, 0.3) is 5.56 Å². The highest BCUT2D eigenvalue weighted by molar-refractivity contribution is 5.87. The number of nitrogens with one attached hydrogen (secondary N) is 2. The van der Waals surface area contributed by atoms with Gasteiger partial charge < -0.3 is 15.4 Å². The van der Waals surface area contributed by atoms with Crippen LogP contribution < -0.4 is 10.9 Å². The van der Waals surface area contributed by atoms with Crippen LogP contribution in [0.3, 0.4) is 0 Å². The van der Waals surface area contributed by atoms with Gasteiger partial charge in [-0.05, 0) is 42.2 Å². The van der Waals surface area contributed by atoms with Gasteiger partial charge in [0.15, 0.2) is 0 Å². The number of carbonyl (C=O) groups excluding carboxylic acids is 1. The van der Waals surface area contributed by atoms with Crippen molar-refractivity contribution in [3.8, 4) is 5.75 Å². The molecule has 7 nitrogen and oxygen atoms in total. The number of phenolic OH excluding ortho intramolecular Hbond substituents is 1. The SMILES string of the molecule is CC(C)C[C@@H]1NC(=O)C(Cc2c[nH]c3ccccc23)n2c1nc1ccc(O)cc1c2=O. The summed E-state index contributed by atoms with van der Waals surface area (Å²) < 4.78 is 1.54. The van der Waals surface area contributed by atoms with Crippen LogP contribution in [-0.2, 0) is 11.2 Å². The zero-order chi connectivity index (χ0) is 21.7. The third kappa shape index (κ3) is 3.26. The number of aromatic amines is 1. The van der Waals surface area contributed by atoms with Crippen molar-refractivity contribution in [3.63, 3.8) is 0 Å². The summed E-state index contributed by atoms with van der Waals surface area (Å²) in [6.45, 7) is 4.15. The molecule has 0 aliphatic carbocycles. The summed E-state index contributed by atoms with van der Waals surface area (Å²) in [6.07, 6.45) is 2.94. The number of amides is 1. The van der Waals surface area contributed by atoms with Crippen molar-refractivity contribution in [2.45, 2.75) is 38.8 Å². The molecule has 0 saturated carbocycles. The van der Waals surface area contributed by atoms with E-state index in [1.54, 1.807) is 6.07 Å². The van der Waals surface area contributed by atoms with E-state index in [2.05, 4.69) is 24.1 Å². The van der Waals surface area contributed by atoms with Gasteiger partial charge in [0.05, 0.1) is 16.9 Å². The van der Waals surface area contributed by atoms with Crippen molar-refractivity contribution >= 4 is 27.7 Å². The van der Waals surface area contributed by atoms with Crippen LogP contribution in [0.1, 0.15) is 43.7 Å². The molecular weight excluding hydrogens is 392 g/mol. The minimum absolute atomic E-state index is 0.000815. The highest BCUT2D eigenvalue weighted by atomic mass is 16.3. The number of aromatic nitrogens is 3. The molecule has 4 aromatic rings. The second-order valence-corrected chi connectivity index (χ2v) is 8.62. The number of hydrogen-bond acceptors (Lipinski definition) is 4. The average Bonchev–Trinajstić information content (AvgIpc) is 3.14. The van der Waals surface area contributed by atoms with Crippen LogP contribution in [0.5, 0.6) is 5.75 Å². The molecule has 1 aliphatic heterocycles. The van der Waals surface area contributed by atoms with Crippen LogP contribution in [0.4, 0.5) is 0 Å². The van der Waals surface area contributed by atoms with E-state index >= 15 is 0 Å². The quantitative estimate of drug-likeness (QED) is 0.473. The largest absolute Gasteiger partial charge is 0.508 e. The van der Waals surface area contributed by atoms with E-state index in [1.807, 2.05) is 30.5 Å². The molecule has 3 heterocycles. The van der Waals surface area contributed by atoms with Crippen molar-refractivity contribution in [3.05, 3.63) is 70.4 Å². The summed E-state index contributed by atoms with van der Waals surface area (Å²) in [5, 5.41) is 14.4. The zero-order valence-electron chi connectivity index (χ0n) is 17.4. The van der Waals surface area contributed by atoms with E-state index in [9.17, 15) is 14.7 Å². The molecule has 0 radical (unpaired) electrons. The summed E-state index contributed by atoms with van der Waals surface area (Å²) >= 11 is 0. The normalized spacial score (nSPS) is 18.5. The Labute approximate surface area is 178 Å². The van der Waals surface area contributed by atoms with E-state index in [0.29, 0.717) is 35.5 Å². The fraction of sp³-hybridized carbons (Fsp3) is 0.292. The lowest BCUT2D eigenvalue weighted by molar-refractivity contribution is -0.126. The third-order valence-corrected chi connectivity index (χ3v) is 5.95. The Hall–Kier alpha value is -3.61. The highest BCUT2D eigenvalue weighted by Crippen LogP contribution is 2.31. The fourth-order valence-corrected chi connectivity index (χ4v) is 4.53. The molecule has 1 aliphatic rings. The van der Waals surface area contributed by atoms with Crippen LogP contribution in [-0.4, -0.2) is 25.5 Å². The molecule has 0 spiro atoms. The maximum Gasteiger partial charge on any atom is 0.262 e. The molecule has 3 N–H and O–H groups in total. The van der Waals surface area contributed by atoms with Gasteiger partial charge in [-0.2, -0.15) is 0 Å². The summed E-state index contributed by atoms with van der Waals surface area (Å²) in [5.74, 6) is 0.698. The smallest absolute Gasteiger partial charge is 0.262 e. The molecule has 7 heteroatoms. The van der Waals surface area contributed by atoms with Gasteiger partial charge >= 0.3 is 0 Å². The molecule has 0 saturated heterocycles. The molecule has 1 amide bonds. The second kappa shape index (κ2) is 7.27. The summed E-state index contributed by atoms with van der Waals surface area (Å²) in [6, 6.07) is 11.4. The minimum atomic E-state index is -0.718. The minimum Gasteiger partial charge on any atom is -0.508 e. The van der Waals surface area contributed by atoms with Crippen LogP contribution in [0, 0.1) is 5.92 Å². The Morgan fingerprint density at radius 3 is 2.74 bits per heavy atom. The van der Waals surface area contributed by atoms with E-state index in [-0.39, 0.29) is 23.3 Å². The molecule has 0 bridgehead atoms. The number of phenols is 1. The van der Waals surface area contributed by atoms with Gasteiger partial charge in [0, 0.05) is 23.5 Å². The Morgan fingerprint density at radius 2 is 1.94 bits per heavy atom. The molecule has 1 unspecified atom stereocenters. The Kier molecular flexibility index (Phi) is 4.54. The second-order valence-electron chi connectivity index (χ2n) is 8.62. The molecule has 2 atom stereocenters. The molecule has 2 aromatic carbocycles. The number of hydrogen-bond donors (Lipinski definition) is 3. The van der Waals surface area contributed by atoms with E-state index in [1.165, 1.54) is 16.7 Å². The standard InChI is InChI=1S/C24H24N4O3/c1-13(2)9-20-22-26-19-8-7-15(29)11-17(19)24(31)28(22)21(23(30)27-20)10-14-12-25-18-6-4-3-5-16(14)18/h3-8,11-13,20-21,25,29H,9-10H2,1-2H3,(H,27,30)/t20-,21?/m0/s1. The third-order valence-electron chi connectivity index (χ3n) is 5.95. The van der Waals surface area contributed by atoms with Gasteiger partial charge in [0.2, 0.25) is 5.91 Å². The maximum atomic E-state index is 13.5. The summed E-state index contributed by atoms with van der Waals surface area (Å²) in [7, 11) is 0. The lowest BCUT2D eigenvalue weighted by Crippen LogP contribution is -2.48. The summed E-state index contributed by atoms with van der Waals surface area (Å²) in [5.41, 5.74) is 2.17. The molecule has 31 heavy (non-hydrogen) atoms. The van der Waals surface area contributed by atoms with Crippen LogP contribution in [0.2, 0.25) is 0 Å². The van der Waals surface area contributed by atoms with Gasteiger partial charge in [-0.3, -0.25) is 14.2 Å². The first-order valence-corrected chi connectivity index (χ1v) is 10.5. The lowest BCUT2D eigenvalue weighted by Gasteiger charge is -2.33. The predicted molar refractivity (Wildman–Crippen MR) is 119 cm³/mol. The van der Waals surface area contributed by atoms with E-state index < -0.39 is 6.04 Å². The fourth-order valence-electron chi connectivity index (χ4n) is 4.53. The topological polar surface area (TPSA) is 100 Å². The first kappa shape index (κ1) is 19.4. The van der Waals surface area contributed by atoms with E-state index in [0.717, 1.165) is 16.5 Å². The Bertz CT molecular complexity index is 1370. The van der Waals surface area contributed by atoms with Gasteiger partial charge in [0.1, 0.15) is 17.6 Å². The molecule has 2 aromatic heterocycles. The number of para-hydroxylation sites is 1. The zero-order valence-corrected chi connectivity index (χ0v) is 17.4. The van der Waals surface area contributed by atoms with Crippen molar-refractivity contribution in [1.82, 2.24) is 19.9 Å². The van der Waals surface area contributed by atoms with Crippen LogP contribution >= 0.6 is 0 Å². The summed E-state index contributed by atoms with van der Waals surface area (Å²) in [4.78, 5) is 34.7. The number of fused-ring (bicyclic) bond motifs is 3. The number of aromatic hydroxyl groups is 1.